The number of H-pyrrole nitrogens is 1. The molecule has 0 unspecified atom stereocenters. The molecule has 0 saturated heterocycles. The second-order valence-corrected chi connectivity index (χ2v) is 4.89. The highest BCUT2D eigenvalue weighted by molar-refractivity contribution is 5.94. The molecule has 1 fully saturated rings. The number of aromatic amines is 1. The molecule has 0 radical (unpaired) electrons. The average molecular weight is 244 g/mol. The van der Waals surface area contributed by atoms with E-state index in [1.54, 1.807) is 12.1 Å². The molecule has 1 aliphatic carbocycles. The minimum absolute atomic E-state index is 0.340. The van der Waals surface area contributed by atoms with Crippen molar-refractivity contribution in [3.63, 3.8) is 0 Å². The first-order valence-electron chi connectivity index (χ1n) is 6.31. The van der Waals surface area contributed by atoms with Gasteiger partial charge >= 0.3 is 5.97 Å². The first-order valence-corrected chi connectivity index (χ1v) is 6.31. The van der Waals surface area contributed by atoms with Gasteiger partial charge in [0.05, 0.1) is 5.56 Å². The van der Waals surface area contributed by atoms with Crippen molar-refractivity contribution < 1.29 is 9.90 Å². The van der Waals surface area contributed by atoms with Crippen molar-refractivity contribution in [3.8, 4) is 0 Å². The monoisotopic (exact) mass is 244 g/mol. The molecule has 1 heterocycles. The van der Waals surface area contributed by atoms with Gasteiger partial charge in [-0.1, -0.05) is 6.42 Å². The van der Waals surface area contributed by atoms with E-state index in [0.717, 1.165) is 23.0 Å². The standard InChI is InChI=1S/C14H16N2O2/c17-14(18)9-4-5-13-12(6-9)10(8-16-13)7-15-11-2-1-3-11/h4-6,8,11,15-16H,1-3,7H2,(H,17,18). The van der Waals surface area contributed by atoms with Gasteiger partial charge in [-0.05, 0) is 36.6 Å². The van der Waals surface area contributed by atoms with Gasteiger partial charge < -0.3 is 15.4 Å². The highest BCUT2D eigenvalue weighted by Crippen LogP contribution is 2.22. The number of fused-ring (bicyclic) bond motifs is 1. The normalized spacial score (nSPS) is 15.8. The van der Waals surface area contributed by atoms with Crippen LogP contribution in [0.2, 0.25) is 0 Å². The van der Waals surface area contributed by atoms with Crippen molar-refractivity contribution in [2.24, 2.45) is 0 Å². The van der Waals surface area contributed by atoms with Gasteiger partial charge in [0, 0.05) is 29.7 Å². The maximum Gasteiger partial charge on any atom is 0.335 e. The number of nitrogens with one attached hydrogen (secondary N) is 2. The van der Waals surface area contributed by atoms with Crippen LogP contribution in [0.25, 0.3) is 10.9 Å². The van der Waals surface area contributed by atoms with E-state index < -0.39 is 5.97 Å². The Hall–Kier alpha value is -1.81. The molecule has 0 amide bonds. The molecule has 0 aliphatic heterocycles. The predicted molar refractivity (Wildman–Crippen MR) is 69.7 cm³/mol. The third-order valence-electron chi connectivity index (χ3n) is 3.70. The van der Waals surface area contributed by atoms with Crippen molar-refractivity contribution in [2.45, 2.75) is 31.8 Å². The van der Waals surface area contributed by atoms with Crippen molar-refractivity contribution in [1.29, 1.82) is 0 Å². The Labute approximate surface area is 105 Å². The van der Waals surface area contributed by atoms with Gasteiger partial charge in [0.15, 0.2) is 0 Å². The van der Waals surface area contributed by atoms with Crippen LogP contribution in [0.3, 0.4) is 0 Å². The molecule has 4 heteroatoms. The average Bonchev–Trinajstić information content (AvgIpc) is 2.69. The van der Waals surface area contributed by atoms with Crippen molar-refractivity contribution in [1.82, 2.24) is 10.3 Å². The topological polar surface area (TPSA) is 65.1 Å². The minimum Gasteiger partial charge on any atom is -0.478 e. The third-order valence-corrected chi connectivity index (χ3v) is 3.70. The molecule has 1 aromatic carbocycles. The van der Waals surface area contributed by atoms with Gasteiger partial charge in [-0.2, -0.15) is 0 Å². The summed E-state index contributed by atoms with van der Waals surface area (Å²) in [7, 11) is 0. The van der Waals surface area contributed by atoms with Crippen molar-refractivity contribution >= 4 is 16.9 Å². The molecular formula is C14H16N2O2. The molecule has 0 spiro atoms. The maximum atomic E-state index is 11.0. The maximum absolute atomic E-state index is 11.0. The summed E-state index contributed by atoms with van der Waals surface area (Å²) < 4.78 is 0. The lowest BCUT2D eigenvalue weighted by Gasteiger charge is -2.26. The van der Waals surface area contributed by atoms with E-state index in [2.05, 4.69) is 10.3 Å². The summed E-state index contributed by atoms with van der Waals surface area (Å²) in [5, 5.41) is 13.5. The summed E-state index contributed by atoms with van der Waals surface area (Å²) in [5.74, 6) is -0.879. The molecule has 1 saturated carbocycles. The van der Waals surface area contributed by atoms with E-state index in [4.69, 9.17) is 5.11 Å². The van der Waals surface area contributed by atoms with E-state index in [1.165, 1.54) is 19.3 Å². The Morgan fingerprint density at radius 3 is 2.94 bits per heavy atom. The molecule has 2 aromatic rings. The molecule has 3 rings (SSSR count). The van der Waals surface area contributed by atoms with Crippen LogP contribution >= 0.6 is 0 Å². The number of aromatic nitrogens is 1. The molecule has 1 aliphatic rings. The molecule has 1 aromatic heterocycles. The van der Waals surface area contributed by atoms with Crippen LogP contribution in [0, 0.1) is 0 Å². The lowest BCUT2D eigenvalue weighted by Crippen LogP contribution is -2.34. The number of hydrogen-bond acceptors (Lipinski definition) is 2. The highest BCUT2D eigenvalue weighted by Gasteiger charge is 2.17. The summed E-state index contributed by atoms with van der Waals surface area (Å²) >= 11 is 0. The zero-order chi connectivity index (χ0) is 12.5. The van der Waals surface area contributed by atoms with Crippen LogP contribution in [0.5, 0.6) is 0 Å². The number of aromatic carboxylic acids is 1. The lowest BCUT2D eigenvalue weighted by molar-refractivity contribution is 0.0697. The van der Waals surface area contributed by atoms with Gasteiger partial charge in [-0.15, -0.1) is 0 Å². The fourth-order valence-corrected chi connectivity index (χ4v) is 2.32. The third kappa shape index (κ3) is 1.99. The van der Waals surface area contributed by atoms with Crippen LogP contribution < -0.4 is 5.32 Å². The summed E-state index contributed by atoms with van der Waals surface area (Å²) in [6, 6.07) is 5.83. The molecule has 0 atom stereocenters. The van der Waals surface area contributed by atoms with Gasteiger partial charge in [0.25, 0.3) is 0 Å². The number of benzene rings is 1. The quantitative estimate of drug-likeness (QED) is 0.774. The molecule has 94 valence electrons. The lowest BCUT2D eigenvalue weighted by atomic mass is 9.93. The van der Waals surface area contributed by atoms with E-state index >= 15 is 0 Å². The minimum atomic E-state index is -0.879. The van der Waals surface area contributed by atoms with Crippen LogP contribution in [0.15, 0.2) is 24.4 Å². The first-order chi connectivity index (χ1) is 8.74. The second-order valence-electron chi connectivity index (χ2n) is 4.89. The summed E-state index contributed by atoms with van der Waals surface area (Å²) in [5.41, 5.74) is 2.47. The Kier molecular flexibility index (Phi) is 2.80. The van der Waals surface area contributed by atoms with E-state index in [-0.39, 0.29) is 0 Å². The fraction of sp³-hybridized carbons (Fsp3) is 0.357. The Balaban J connectivity index is 1.86. The smallest absolute Gasteiger partial charge is 0.335 e. The first kappa shape index (κ1) is 11.3. The summed E-state index contributed by atoms with van der Waals surface area (Å²) in [6.45, 7) is 0.799. The molecule has 4 nitrogen and oxygen atoms in total. The van der Waals surface area contributed by atoms with Crippen LogP contribution in [-0.4, -0.2) is 22.1 Å². The fourth-order valence-electron chi connectivity index (χ4n) is 2.32. The number of rotatable bonds is 4. The molecule has 3 N–H and O–H groups in total. The Bertz CT molecular complexity index is 584. The van der Waals surface area contributed by atoms with Gasteiger partial charge in [-0.3, -0.25) is 0 Å². The SMILES string of the molecule is O=C(O)c1ccc2[nH]cc(CNC3CCC3)c2c1. The zero-order valence-corrected chi connectivity index (χ0v) is 10.1. The van der Waals surface area contributed by atoms with Crippen molar-refractivity contribution in [2.75, 3.05) is 0 Å². The van der Waals surface area contributed by atoms with Gasteiger partial charge in [0.2, 0.25) is 0 Å². The largest absolute Gasteiger partial charge is 0.478 e. The van der Waals surface area contributed by atoms with Crippen LogP contribution in [0.1, 0.15) is 35.2 Å². The van der Waals surface area contributed by atoms with Crippen molar-refractivity contribution in [3.05, 3.63) is 35.5 Å². The van der Waals surface area contributed by atoms with Crippen LogP contribution in [0.4, 0.5) is 0 Å². The number of carboxylic acid groups (broad SMARTS) is 1. The van der Waals surface area contributed by atoms with E-state index in [1.807, 2.05) is 12.3 Å². The number of carbonyl (C=O) groups is 1. The van der Waals surface area contributed by atoms with Crippen LogP contribution in [-0.2, 0) is 6.54 Å². The molecular weight excluding hydrogens is 228 g/mol. The molecule has 18 heavy (non-hydrogen) atoms. The molecule has 0 bridgehead atoms. The number of hydrogen-bond donors (Lipinski definition) is 3. The Morgan fingerprint density at radius 2 is 2.28 bits per heavy atom. The highest BCUT2D eigenvalue weighted by atomic mass is 16.4. The Morgan fingerprint density at radius 1 is 1.44 bits per heavy atom. The van der Waals surface area contributed by atoms with Gasteiger partial charge in [0.1, 0.15) is 0 Å². The summed E-state index contributed by atoms with van der Waals surface area (Å²) in [6.07, 6.45) is 5.78. The zero-order valence-electron chi connectivity index (χ0n) is 10.1. The predicted octanol–water partition coefficient (Wildman–Crippen LogP) is 2.51. The summed E-state index contributed by atoms with van der Waals surface area (Å²) in [4.78, 5) is 14.2. The number of carboxylic acids is 1. The van der Waals surface area contributed by atoms with E-state index in [9.17, 15) is 4.79 Å². The second kappa shape index (κ2) is 4.46. The van der Waals surface area contributed by atoms with E-state index in [0.29, 0.717) is 11.6 Å². The van der Waals surface area contributed by atoms with Gasteiger partial charge in [-0.25, -0.2) is 4.79 Å².